The maximum atomic E-state index is 12.5. The molecule has 0 saturated carbocycles. The molecule has 0 radical (unpaired) electrons. The first-order chi connectivity index (χ1) is 11.1. The Morgan fingerprint density at radius 3 is 2.61 bits per heavy atom. The first-order valence-corrected chi connectivity index (χ1v) is 7.88. The van der Waals surface area contributed by atoms with Crippen molar-refractivity contribution in [2.75, 3.05) is 20.8 Å². The molecule has 1 aliphatic carbocycles. The smallest absolute Gasteiger partial charge is 0.223 e. The van der Waals surface area contributed by atoms with Crippen LogP contribution in [0.25, 0.3) is 0 Å². The lowest BCUT2D eigenvalue weighted by atomic mass is 9.69. The third-order valence-corrected chi connectivity index (χ3v) is 5.41. The predicted molar refractivity (Wildman–Crippen MR) is 83.5 cm³/mol. The van der Waals surface area contributed by atoms with Crippen LogP contribution in [0.5, 0.6) is 11.5 Å². The largest absolute Gasteiger partial charge is 0.493 e. The number of nitrogens with zero attached hydrogens (tertiary/aromatic N) is 1. The lowest BCUT2D eigenvalue weighted by Gasteiger charge is -2.46. The number of benzene rings is 1. The van der Waals surface area contributed by atoms with E-state index in [-0.39, 0.29) is 17.6 Å². The fraction of sp³-hybridized carbons (Fsp3) is 0.444. The van der Waals surface area contributed by atoms with E-state index in [0.717, 1.165) is 17.5 Å². The summed E-state index contributed by atoms with van der Waals surface area (Å²) < 4.78 is 10.9. The van der Waals surface area contributed by atoms with E-state index in [1.165, 1.54) is 0 Å². The molecule has 0 aromatic heterocycles. The molecule has 1 amide bonds. The van der Waals surface area contributed by atoms with Crippen LogP contribution in [0.1, 0.15) is 24.0 Å². The Bertz CT molecular complexity index is 739. The first kappa shape index (κ1) is 14.3. The van der Waals surface area contributed by atoms with Crippen LogP contribution in [-0.2, 0) is 21.5 Å². The van der Waals surface area contributed by atoms with Crippen LogP contribution in [-0.4, -0.2) is 37.4 Å². The molecule has 1 aromatic rings. The second kappa shape index (κ2) is 4.85. The molecule has 2 atom stereocenters. The highest BCUT2D eigenvalue weighted by molar-refractivity contribution is 5.94. The molecule has 1 fully saturated rings. The second-order valence-corrected chi connectivity index (χ2v) is 6.39. The molecule has 23 heavy (non-hydrogen) atoms. The zero-order valence-corrected chi connectivity index (χ0v) is 13.3. The Balaban J connectivity index is 1.96. The van der Waals surface area contributed by atoms with Gasteiger partial charge in [-0.3, -0.25) is 9.59 Å². The molecule has 5 nitrogen and oxygen atoms in total. The predicted octanol–water partition coefficient (Wildman–Crippen LogP) is 1.83. The lowest BCUT2D eigenvalue weighted by molar-refractivity contribution is -0.131. The van der Waals surface area contributed by atoms with Crippen molar-refractivity contribution in [1.82, 2.24) is 4.90 Å². The van der Waals surface area contributed by atoms with Crippen LogP contribution >= 0.6 is 0 Å². The topological polar surface area (TPSA) is 55.8 Å². The molecule has 5 heteroatoms. The summed E-state index contributed by atoms with van der Waals surface area (Å²) in [5.74, 6) is 1.60. The summed E-state index contributed by atoms with van der Waals surface area (Å²) in [7, 11) is 3.23. The monoisotopic (exact) mass is 313 g/mol. The second-order valence-electron chi connectivity index (χ2n) is 6.39. The number of hydrogen-bond donors (Lipinski definition) is 0. The summed E-state index contributed by atoms with van der Waals surface area (Å²) in [5.41, 5.74) is 1.73. The van der Waals surface area contributed by atoms with Gasteiger partial charge in [-0.2, -0.15) is 0 Å². The number of fused-ring (bicyclic) bond motifs is 1. The Morgan fingerprint density at radius 2 is 1.87 bits per heavy atom. The van der Waals surface area contributed by atoms with Gasteiger partial charge in [-0.1, -0.05) is 6.08 Å². The molecule has 4 rings (SSSR count). The molecule has 120 valence electrons. The molecule has 3 aliphatic rings. The number of rotatable bonds is 2. The Labute approximate surface area is 134 Å². The van der Waals surface area contributed by atoms with Gasteiger partial charge in [0.1, 0.15) is 0 Å². The molecular formula is C18H19NO4. The summed E-state index contributed by atoms with van der Waals surface area (Å²) >= 11 is 0. The Kier molecular flexibility index (Phi) is 3.01. The minimum Gasteiger partial charge on any atom is -0.493 e. The molecule has 0 N–H and O–H groups in total. The van der Waals surface area contributed by atoms with E-state index in [9.17, 15) is 9.59 Å². The average molecular weight is 313 g/mol. The van der Waals surface area contributed by atoms with Crippen molar-refractivity contribution >= 4 is 11.7 Å². The van der Waals surface area contributed by atoms with E-state index in [2.05, 4.69) is 0 Å². The van der Waals surface area contributed by atoms with Gasteiger partial charge < -0.3 is 14.4 Å². The Hall–Kier alpha value is -2.30. The average Bonchev–Trinajstić information content (AvgIpc) is 2.85. The van der Waals surface area contributed by atoms with Gasteiger partial charge >= 0.3 is 0 Å². The summed E-state index contributed by atoms with van der Waals surface area (Å²) in [6.45, 7) is 0.677. The third kappa shape index (κ3) is 1.79. The fourth-order valence-corrected chi connectivity index (χ4v) is 4.39. The van der Waals surface area contributed by atoms with Gasteiger partial charge in [0.15, 0.2) is 17.3 Å². The number of amides is 1. The number of carbonyl (C=O) groups is 2. The van der Waals surface area contributed by atoms with Gasteiger partial charge in [0.25, 0.3) is 0 Å². The number of allylic oxidation sites excluding steroid dienone is 1. The Morgan fingerprint density at radius 1 is 1.13 bits per heavy atom. The van der Waals surface area contributed by atoms with Crippen LogP contribution in [0.4, 0.5) is 0 Å². The standard InChI is InChI=1S/C18H19NO4/c1-22-15-7-11-4-6-19-17(21)9-12-8-13(20)3-5-18(12,19)14(11)10-16(15)23-2/h3,5,7,10,12H,4,6,8-9H2,1-2H3/t12-,18-/m1/s1. The minimum atomic E-state index is -0.502. The van der Waals surface area contributed by atoms with E-state index < -0.39 is 5.54 Å². The fourth-order valence-electron chi connectivity index (χ4n) is 4.39. The van der Waals surface area contributed by atoms with E-state index in [1.54, 1.807) is 20.3 Å². The SMILES string of the molecule is COc1cc2c(cc1OC)[C@@]13C=CC(=O)C[C@@H]1CC(=O)N3CC2. The van der Waals surface area contributed by atoms with Gasteiger partial charge in [0, 0.05) is 25.3 Å². The number of carbonyl (C=O) groups excluding carboxylic acids is 2. The highest BCUT2D eigenvalue weighted by atomic mass is 16.5. The molecular weight excluding hydrogens is 294 g/mol. The number of hydrogen-bond acceptors (Lipinski definition) is 4. The summed E-state index contributed by atoms with van der Waals surface area (Å²) in [5, 5.41) is 0. The highest BCUT2D eigenvalue weighted by Gasteiger charge is 2.56. The maximum Gasteiger partial charge on any atom is 0.223 e. The molecule has 1 saturated heterocycles. The van der Waals surface area contributed by atoms with Crippen molar-refractivity contribution in [3.63, 3.8) is 0 Å². The molecule has 2 heterocycles. The van der Waals surface area contributed by atoms with Gasteiger partial charge in [-0.25, -0.2) is 0 Å². The number of ether oxygens (including phenoxy) is 2. The minimum absolute atomic E-state index is 0.00431. The lowest BCUT2D eigenvalue weighted by Crippen LogP contribution is -2.51. The maximum absolute atomic E-state index is 12.5. The third-order valence-electron chi connectivity index (χ3n) is 5.41. The molecule has 1 spiro atoms. The van der Waals surface area contributed by atoms with Crippen molar-refractivity contribution in [3.05, 3.63) is 35.4 Å². The highest BCUT2D eigenvalue weighted by Crippen LogP contribution is 2.53. The van der Waals surface area contributed by atoms with E-state index in [1.807, 2.05) is 23.1 Å². The number of ketones is 1. The number of methoxy groups -OCH3 is 2. The zero-order chi connectivity index (χ0) is 16.2. The van der Waals surface area contributed by atoms with Gasteiger partial charge in [0.05, 0.1) is 19.8 Å². The van der Waals surface area contributed by atoms with E-state index >= 15 is 0 Å². The van der Waals surface area contributed by atoms with Crippen LogP contribution in [0.3, 0.4) is 0 Å². The van der Waals surface area contributed by atoms with Crippen molar-refractivity contribution in [3.8, 4) is 11.5 Å². The zero-order valence-electron chi connectivity index (χ0n) is 13.3. The van der Waals surface area contributed by atoms with Gasteiger partial charge in [0.2, 0.25) is 5.91 Å². The van der Waals surface area contributed by atoms with Gasteiger partial charge in [-0.15, -0.1) is 0 Å². The summed E-state index contributed by atoms with van der Waals surface area (Å²) in [6.07, 6.45) is 5.21. The van der Waals surface area contributed by atoms with Crippen molar-refractivity contribution in [2.24, 2.45) is 5.92 Å². The molecule has 0 unspecified atom stereocenters. The van der Waals surface area contributed by atoms with Crippen LogP contribution in [0.2, 0.25) is 0 Å². The van der Waals surface area contributed by atoms with Crippen molar-refractivity contribution in [2.45, 2.75) is 24.8 Å². The van der Waals surface area contributed by atoms with Crippen molar-refractivity contribution in [1.29, 1.82) is 0 Å². The van der Waals surface area contributed by atoms with Crippen LogP contribution < -0.4 is 9.47 Å². The molecule has 2 aliphatic heterocycles. The van der Waals surface area contributed by atoms with Crippen LogP contribution in [0, 0.1) is 5.92 Å². The first-order valence-electron chi connectivity index (χ1n) is 7.88. The molecule has 0 bridgehead atoms. The quantitative estimate of drug-likeness (QED) is 0.836. The van der Waals surface area contributed by atoms with Crippen molar-refractivity contribution < 1.29 is 19.1 Å². The van der Waals surface area contributed by atoms with Crippen LogP contribution in [0.15, 0.2) is 24.3 Å². The summed E-state index contributed by atoms with van der Waals surface area (Å²) in [4.78, 5) is 26.3. The normalized spacial score (nSPS) is 28.3. The van der Waals surface area contributed by atoms with E-state index in [4.69, 9.17) is 9.47 Å². The molecule has 1 aromatic carbocycles. The van der Waals surface area contributed by atoms with E-state index in [0.29, 0.717) is 30.9 Å². The van der Waals surface area contributed by atoms with Gasteiger partial charge in [-0.05, 0) is 35.8 Å². The summed E-state index contributed by atoms with van der Waals surface area (Å²) in [6, 6.07) is 3.98.